The number of hydrogen-bond acceptors (Lipinski definition) is 1. The topological polar surface area (TPSA) is 9.23 Å². The van der Waals surface area contributed by atoms with Gasteiger partial charge < -0.3 is 4.43 Å². The molecule has 0 aliphatic heterocycles. The van der Waals surface area contributed by atoms with E-state index in [0.29, 0.717) is 0 Å². The molecule has 0 amide bonds. The molecule has 0 heterocycles. The molecule has 14 heavy (non-hydrogen) atoms. The van der Waals surface area contributed by atoms with Gasteiger partial charge in [-0.1, -0.05) is 32.9 Å². The van der Waals surface area contributed by atoms with Crippen LogP contribution < -0.4 is 4.43 Å². The Kier molecular flexibility index (Phi) is 3.37. The first-order chi connectivity index (χ1) is 6.39. The molecule has 1 radical (unpaired) electrons. The Morgan fingerprint density at radius 1 is 1.14 bits per heavy atom. The van der Waals surface area contributed by atoms with Gasteiger partial charge in [0.2, 0.25) is 0 Å². The lowest BCUT2D eigenvalue weighted by Gasteiger charge is -2.20. The highest BCUT2D eigenvalue weighted by Gasteiger charge is 2.14. The third-order valence-electron chi connectivity index (χ3n) is 2.02. The van der Waals surface area contributed by atoms with Crippen LogP contribution in [0.5, 0.6) is 5.75 Å². The van der Waals surface area contributed by atoms with Gasteiger partial charge in [0.1, 0.15) is 5.75 Å². The van der Waals surface area contributed by atoms with Gasteiger partial charge in [0.25, 0.3) is 9.04 Å². The molecule has 0 saturated carbocycles. The standard InChI is InChI=1S/C12H19OSi/c1-12(2,3)10-7-6-8-11(9-10)13-14(4)5/h6-9H,1-5H3. The summed E-state index contributed by atoms with van der Waals surface area (Å²) in [5.41, 5.74) is 1.53. The molecule has 0 saturated heterocycles. The molecule has 0 spiro atoms. The molecule has 0 aliphatic carbocycles. The highest BCUT2D eigenvalue weighted by molar-refractivity contribution is 6.49. The molecule has 2 heteroatoms. The van der Waals surface area contributed by atoms with E-state index in [0.717, 1.165) is 5.75 Å². The molecule has 0 aliphatic rings. The van der Waals surface area contributed by atoms with E-state index < -0.39 is 9.04 Å². The van der Waals surface area contributed by atoms with Crippen molar-refractivity contribution in [2.45, 2.75) is 39.3 Å². The van der Waals surface area contributed by atoms with Crippen molar-refractivity contribution < 1.29 is 4.43 Å². The van der Waals surface area contributed by atoms with Crippen LogP contribution in [-0.4, -0.2) is 9.04 Å². The lowest BCUT2D eigenvalue weighted by molar-refractivity contribution is 0.560. The van der Waals surface area contributed by atoms with Gasteiger partial charge in [-0.15, -0.1) is 0 Å². The largest absolute Gasteiger partial charge is 0.543 e. The van der Waals surface area contributed by atoms with Crippen molar-refractivity contribution in [3.05, 3.63) is 29.8 Å². The molecule has 1 aromatic carbocycles. The summed E-state index contributed by atoms with van der Waals surface area (Å²) in [5, 5.41) is 0. The Hall–Kier alpha value is -0.763. The first-order valence-corrected chi connectivity index (χ1v) is 7.39. The van der Waals surface area contributed by atoms with Gasteiger partial charge >= 0.3 is 0 Å². The van der Waals surface area contributed by atoms with Crippen LogP contribution >= 0.6 is 0 Å². The summed E-state index contributed by atoms with van der Waals surface area (Å²) >= 11 is 0. The average molecular weight is 207 g/mol. The van der Waals surface area contributed by atoms with E-state index in [-0.39, 0.29) is 5.41 Å². The molecule has 1 nitrogen and oxygen atoms in total. The first kappa shape index (κ1) is 11.3. The maximum Gasteiger partial charge on any atom is 0.274 e. The highest BCUT2D eigenvalue weighted by atomic mass is 28.3. The van der Waals surface area contributed by atoms with E-state index >= 15 is 0 Å². The van der Waals surface area contributed by atoms with E-state index in [1.807, 2.05) is 6.07 Å². The van der Waals surface area contributed by atoms with Crippen molar-refractivity contribution in [2.24, 2.45) is 0 Å². The van der Waals surface area contributed by atoms with E-state index in [9.17, 15) is 0 Å². The number of rotatable bonds is 2. The lowest BCUT2D eigenvalue weighted by atomic mass is 9.87. The van der Waals surface area contributed by atoms with E-state index in [4.69, 9.17) is 4.43 Å². The normalized spacial score (nSPS) is 11.9. The smallest absolute Gasteiger partial charge is 0.274 e. The predicted octanol–water partition coefficient (Wildman–Crippen LogP) is 3.61. The van der Waals surface area contributed by atoms with Crippen LogP contribution in [0.1, 0.15) is 26.3 Å². The van der Waals surface area contributed by atoms with Crippen molar-refractivity contribution in [3.63, 3.8) is 0 Å². The van der Waals surface area contributed by atoms with Crippen LogP contribution in [0.3, 0.4) is 0 Å². The van der Waals surface area contributed by atoms with Crippen LogP contribution in [0.4, 0.5) is 0 Å². The second-order valence-corrected chi connectivity index (χ2v) is 6.81. The fourth-order valence-corrected chi connectivity index (χ4v) is 1.86. The van der Waals surface area contributed by atoms with Crippen molar-refractivity contribution in [1.82, 2.24) is 0 Å². The van der Waals surface area contributed by atoms with Crippen LogP contribution in [0.15, 0.2) is 24.3 Å². The highest BCUT2D eigenvalue weighted by Crippen LogP contribution is 2.25. The quantitative estimate of drug-likeness (QED) is 0.673. The Labute approximate surface area is 88.8 Å². The average Bonchev–Trinajstić information content (AvgIpc) is 2.01. The van der Waals surface area contributed by atoms with Gasteiger partial charge in [-0.05, 0) is 36.2 Å². The van der Waals surface area contributed by atoms with Gasteiger partial charge in [-0.3, -0.25) is 0 Å². The fraction of sp³-hybridized carbons (Fsp3) is 0.500. The van der Waals surface area contributed by atoms with Gasteiger partial charge in [-0.2, -0.15) is 0 Å². The van der Waals surface area contributed by atoms with Crippen LogP contribution in [0.25, 0.3) is 0 Å². The summed E-state index contributed by atoms with van der Waals surface area (Å²) in [6, 6.07) is 8.41. The van der Waals surface area contributed by atoms with Crippen molar-refractivity contribution in [3.8, 4) is 5.75 Å². The van der Waals surface area contributed by atoms with Crippen LogP contribution in [0.2, 0.25) is 13.1 Å². The molecule has 1 aromatic rings. The van der Waals surface area contributed by atoms with Crippen LogP contribution in [0, 0.1) is 0 Å². The Bertz CT molecular complexity index is 299. The summed E-state index contributed by atoms with van der Waals surface area (Å²) in [7, 11) is -0.648. The molecule has 77 valence electrons. The van der Waals surface area contributed by atoms with Crippen molar-refractivity contribution in [1.29, 1.82) is 0 Å². The Balaban J connectivity index is 2.90. The molecular formula is C12H19OSi. The van der Waals surface area contributed by atoms with E-state index in [2.05, 4.69) is 52.1 Å². The monoisotopic (exact) mass is 207 g/mol. The summed E-state index contributed by atoms with van der Waals surface area (Å²) < 4.78 is 5.75. The van der Waals surface area contributed by atoms with Gasteiger partial charge in [-0.25, -0.2) is 0 Å². The second kappa shape index (κ2) is 4.18. The molecule has 0 N–H and O–H groups in total. The van der Waals surface area contributed by atoms with Gasteiger partial charge in [0.05, 0.1) is 0 Å². The van der Waals surface area contributed by atoms with E-state index in [1.54, 1.807) is 0 Å². The Morgan fingerprint density at radius 3 is 2.29 bits per heavy atom. The summed E-state index contributed by atoms with van der Waals surface area (Å²) in [4.78, 5) is 0. The lowest BCUT2D eigenvalue weighted by Crippen LogP contribution is -2.14. The molecule has 0 aromatic heterocycles. The van der Waals surface area contributed by atoms with Crippen molar-refractivity contribution >= 4 is 9.04 Å². The molecular weight excluding hydrogens is 188 g/mol. The van der Waals surface area contributed by atoms with E-state index in [1.165, 1.54) is 5.56 Å². The Morgan fingerprint density at radius 2 is 1.79 bits per heavy atom. The zero-order valence-electron chi connectivity index (χ0n) is 9.72. The number of hydrogen-bond donors (Lipinski definition) is 0. The summed E-state index contributed by atoms with van der Waals surface area (Å²) in [6.07, 6.45) is 0. The molecule has 0 unspecified atom stereocenters. The van der Waals surface area contributed by atoms with Crippen molar-refractivity contribution in [2.75, 3.05) is 0 Å². The zero-order chi connectivity index (χ0) is 10.8. The molecule has 0 atom stereocenters. The fourth-order valence-electron chi connectivity index (χ4n) is 1.26. The molecule has 1 rings (SSSR count). The zero-order valence-corrected chi connectivity index (χ0v) is 10.7. The maximum absolute atomic E-state index is 5.75. The minimum atomic E-state index is -0.648. The third kappa shape index (κ3) is 3.18. The minimum absolute atomic E-state index is 0.202. The van der Waals surface area contributed by atoms with Gasteiger partial charge in [0.15, 0.2) is 0 Å². The minimum Gasteiger partial charge on any atom is -0.543 e. The number of benzene rings is 1. The van der Waals surface area contributed by atoms with Crippen LogP contribution in [-0.2, 0) is 5.41 Å². The predicted molar refractivity (Wildman–Crippen MR) is 63.3 cm³/mol. The second-order valence-electron chi connectivity index (χ2n) is 4.79. The molecule has 0 fully saturated rings. The maximum atomic E-state index is 5.75. The van der Waals surface area contributed by atoms with Gasteiger partial charge in [0, 0.05) is 0 Å². The first-order valence-electron chi connectivity index (χ1n) is 4.98. The third-order valence-corrected chi connectivity index (χ3v) is 2.67. The SMILES string of the molecule is C[Si](C)Oc1cccc(C(C)(C)C)c1. The molecule has 0 bridgehead atoms. The summed E-state index contributed by atoms with van der Waals surface area (Å²) in [5.74, 6) is 1.01. The summed E-state index contributed by atoms with van der Waals surface area (Å²) in [6.45, 7) is 10.9.